The minimum Gasteiger partial charge on any atom is -0.493 e. The molecule has 8 nitrogen and oxygen atoms in total. The number of hydrogen-bond acceptors (Lipinski definition) is 6. The van der Waals surface area contributed by atoms with Gasteiger partial charge in [0.05, 0.1) is 13.7 Å². The predicted octanol–water partition coefficient (Wildman–Crippen LogP) is 6.28. The van der Waals surface area contributed by atoms with Gasteiger partial charge in [0.2, 0.25) is 0 Å². The summed E-state index contributed by atoms with van der Waals surface area (Å²) in [6.45, 7) is 7.49. The molecule has 0 saturated heterocycles. The number of nitrogens with zero attached hydrogens (tertiary/aromatic N) is 1. The number of ether oxygens (including phenoxy) is 4. The van der Waals surface area contributed by atoms with E-state index < -0.39 is 18.2 Å². The van der Waals surface area contributed by atoms with Crippen molar-refractivity contribution < 1.29 is 33.6 Å². The van der Waals surface area contributed by atoms with Crippen LogP contribution in [0, 0.1) is 6.92 Å². The number of aliphatic carboxylic acids is 1. The van der Waals surface area contributed by atoms with Crippen LogP contribution in [0.25, 0.3) is 0 Å². The maximum absolute atomic E-state index is 13.1. The second kappa shape index (κ2) is 17.3. The standard InChI is InChI=1S/C30H43NO7/c1-5-7-8-9-10-11-18-31(30(34)38-27-21-23(3)12-17-26(27)35-4)19-20-37-25-15-13-24(14-16-25)22-28(29(32)33)36-6-2/h12-17,21,28H,5-11,18-20,22H2,1-4H3,(H,32,33). The van der Waals surface area contributed by atoms with Crippen molar-refractivity contribution >= 4 is 12.1 Å². The molecule has 0 aliphatic heterocycles. The average molecular weight is 530 g/mol. The van der Waals surface area contributed by atoms with E-state index in [1.807, 2.05) is 25.1 Å². The lowest BCUT2D eigenvalue weighted by Crippen LogP contribution is -2.37. The average Bonchev–Trinajstić information content (AvgIpc) is 2.90. The van der Waals surface area contributed by atoms with Gasteiger partial charge in [-0.15, -0.1) is 0 Å². The fourth-order valence-electron chi connectivity index (χ4n) is 4.03. The van der Waals surface area contributed by atoms with Gasteiger partial charge in [0.25, 0.3) is 0 Å². The van der Waals surface area contributed by atoms with Crippen LogP contribution in [0.3, 0.4) is 0 Å². The minimum atomic E-state index is -0.979. The topological polar surface area (TPSA) is 94.5 Å². The molecule has 8 heteroatoms. The molecule has 0 heterocycles. The fraction of sp³-hybridized carbons (Fsp3) is 0.533. The van der Waals surface area contributed by atoms with Crippen LogP contribution < -0.4 is 14.2 Å². The first-order valence-electron chi connectivity index (χ1n) is 13.5. The Labute approximate surface area is 226 Å². The van der Waals surface area contributed by atoms with E-state index in [1.165, 1.54) is 19.3 Å². The van der Waals surface area contributed by atoms with E-state index in [0.29, 0.717) is 43.6 Å². The Kier molecular flexibility index (Phi) is 14.1. The van der Waals surface area contributed by atoms with Crippen LogP contribution in [0.5, 0.6) is 17.2 Å². The molecule has 1 atom stereocenters. The zero-order chi connectivity index (χ0) is 27.8. The number of carbonyl (C=O) groups excluding carboxylic acids is 1. The summed E-state index contributed by atoms with van der Waals surface area (Å²) in [4.78, 5) is 26.1. The number of rotatable bonds is 18. The Morgan fingerprint density at radius 1 is 0.921 bits per heavy atom. The van der Waals surface area contributed by atoms with E-state index in [4.69, 9.17) is 18.9 Å². The molecule has 0 aromatic heterocycles. The van der Waals surface area contributed by atoms with Crippen molar-refractivity contribution in [3.8, 4) is 17.2 Å². The van der Waals surface area contributed by atoms with Gasteiger partial charge >= 0.3 is 12.1 Å². The number of benzene rings is 2. The quantitative estimate of drug-likeness (QED) is 0.227. The smallest absolute Gasteiger partial charge is 0.415 e. The highest BCUT2D eigenvalue weighted by atomic mass is 16.6. The van der Waals surface area contributed by atoms with Crippen LogP contribution in [-0.2, 0) is 16.0 Å². The van der Waals surface area contributed by atoms with E-state index in [2.05, 4.69) is 6.92 Å². The van der Waals surface area contributed by atoms with E-state index in [0.717, 1.165) is 30.4 Å². The van der Waals surface area contributed by atoms with E-state index in [9.17, 15) is 14.7 Å². The molecule has 0 radical (unpaired) electrons. The molecule has 0 aliphatic carbocycles. The van der Waals surface area contributed by atoms with Gasteiger partial charge in [0.15, 0.2) is 17.6 Å². The molecule has 0 fully saturated rings. The minimum absolute atomic E-state index is 0.281. The molecule has 38 heavy (non-hydrogen) atoms. The SMILES string of the molecule is CCCCCCCCN(CCOc1ccc(CC(OCC)C(=O)O)cc1)C(=O)Oc1cc(C)ccc1OC. The third kappa shape index (κ3) is 11.0. The van der Waals surface area contributed by atoms with Crippen LogP contribution in [0.4, 0.5) is 4.79 Å². The predicted molar refractivity (Wildman–Crippen MR) is 147 cm³/mol. The van der Waals surface area contributed by atoms with Gasteiger partial charge < -0.3 is 29.0 Å². The summed E-state index contributed by atoms with van der Waals surface area (Å²) in [5.41, 5.74) is 1.82. The first kappa shape index (κ1) is 31.0. The van der Waals surface area contributed by atoms with Crippen molar-refractivity contribution in [2.45, 2.75) is 71.8 Å². The van der Waals surface area contributed by atoms with Gasteiger partial charge in [-0.05, 0) is 55.7 Å². The highest BCUT2D eigenvalue weighted by molar-refractivity contribution is 5.73. The van der Waals surface area contributed by atoms with Crippen LogP contribution in [0.2, 0.25) is 0 Å². The zero-order valence-corrected chi connectivity index (χ0v) is 23.2. The van der Waals surface area contributed by atoms with Crippen molar-refractivity contribution in [1.82, 2.24) is 4.90 Å². The van der Waals surface area contributed by atoms with Gasteiger partial charge in [-0.1, -0.05) is 57.2 Å². The Bertz CT molecular complexity index is 977. The number of carboxylic acids is 1. The summed E-state index contributed by atoms with van der Waals surface area (Å²) in [6, 6.07) is 12.7. The number of unbranched alkanes of at least 4 members (excludes halogenated alkanes) is 5. The summed E-state index contributed by atoms with van der Waals surface area (Å²) >= 11 is 0. The van der Waals surface area contributed by atoms with E-state index in [-0.39, 0.29) is 6.42 Å². The molecule has 210 valence electrons. The van der Waals surface area contributed by atoms with Crippen LogP contribution in [-0.4, -0.2) is 61.6 Å². The molecule has 2 rings (SSSR count). The number of hydrogen-bond donors (Lipinski definition) is 1. The summed E-state index contributed by atoms with van der Waals surface area (Å²) < 4.78 is 22.3. The van der Waals surface area contributed by atoms with Crippen LogP contribution >= 0.6 is 0 Å². The van der Waals surface area contributed by atoms with E-state index >= 15 is 0 Å². The fourth-order valence-corrected chi connectivity index (χ4v) is 4.03. The van der Waals surface area contributed by atoms with Crippen molar-refractivity contribution in [3.05, 3.63) is 53.6 Å². The van der Waals surface area contributed by atoms with Crippen LogP contribution in [0.1, 0.15) is 63.5 Å². The second-order valence-electron chi connectivity index (χ2n) is 9.26. The van der Waals surface area contributed by atoms with Crippen molar-refractivity contribution in [2.24, 2.45) is 0 Å². The molecular weight excluding hydrogens is 486 g/mol. The third-order valence-corrected chi connectivity index (χ3v) is 6.17. The van der Waals surface area contributed by atoms with Gasteiger partial charge in [-0.25, -0.2) is 9.59 Å². The summed E-state index contributed by atoms with van der Waals surface area (Å²) in [5, 5.41) is 9.29. The molecule has 2 aromatic rings. The largest absolute Gasteiger partial charge is 0.493 e. The number of methoxy groups -OCH3 is 1. The molecular formula is C30H43NO7. The van der Waals surface area contributed by atoms with Crippen LogP contribution in [0.15, 0.2) is 42.5 Å². The van der Waals surface area contributed by atoms with E-state index in [1.54, 1.807) is 43.2 Å². The molecule has 0 bridgehead atoms. The highest BCUT2D eigenvalue weighted by Gasteiger charge is 2.19. The molecule has 1 amide bonds. The lowest BCUT2D eigenvalue weighted by Gasteiger charge is -2.23. The van der Waals surface area contributed by atoms with Crippen molar-refractivity contribution in [3.63, 3.8) is 0 Å². The Balaban J connectivity index is 1.96. The number of carboxylic acid groups (broad SMARTS) is 1. The van der Waals surface area contributed by atoms with Crippen molar-refractivity contribution in [2.75, 3.05) is 33.4 Å². The first-order chi connectivity index (χ1) is 18.4. The molecule has 1 N–H and O–H groups in total. The summed E-state index contributed by atoms with van der Waals surface area (Å²) in [6.07, 6.45) is 5.70. The molecule has 1 unspecified atom stereocenters. The first-order valence-corrected chi connectivity index (χ1v) is 13.5. The summed E-state index contributed by atoms with van der Waals surface area (Å²) in [7, 11) is 1.55. The molecule has 0 saturated carbocycles. The van der Waals surface area contributed by atoms with Gasteiger partial charge in [0, 0.05) is 19.6 Å². The zero-order valence-electron chi connectivity index (χ0n) is 23.2. The monoisotopic (exact) mass is 529 g/mol. The second-order valence-corrected chi connectivity index (χ2v) is 9.26. The number of amides is 1. The maximum atomic E-state index is 13.1. The van der Waals surface area contributed by atoms with Gasteiger partial charge in [-0.3, -0.25) is 0 Å². The number of aryl methyl sites for hydroxylation is 1. The van der Waals surface area contributed by atoms with Gasteiger partial charge in [0.1, 0.15) is 12.4 Å². The number of carbonyl (C=O) groups is 2. The normalized spacial score (nSPS) is 11.6. The Hall–Kier alpha value is -3.26. The Morgan fingerprint density at radius 2 is 1.63 bits per heavy atom. The van der Waals surface area contributed by atoms with Crippen molar-refractivity contribution in [1.29, 1.82) is 0 Å². The summed E-state index contributed by atoms with van der Waals surface area (Å²) in [5.74, 6) is 0.570. The lowest BCUT2D eigenvalue weighted by atomic mass is 10.1. The van der Waals surface area contributed by atoms with Gasteiger partial charge in [-0.2, -0.15) is 0 Å². The molecule has 0 spiro atoms. The lowest BCUT2D eigenvalue weighted by molar-refractivity contribution is -0.149. The highest BCUT2D eigenvalue weighted by Crippen LogP contribution is 2.28. The maximum Gasteiger partial charge on any atom is 0.415 e. The Morgan fingerprint density at radius 3 is 2.29 bits per heavy atom. The molecule has 2 aromatic carbocycles. The third-order valence-electron chi connectivity index (χ3n) is 6.17. The molecule has 0 aliphatic rings.